The summed E-state index contributed by atoms with van der Waals surface area (Å²) in [5.41, 5.74) is -0.991. The molecule has 2 aliphatic carbocycles. The molecule has 0 saturated heterocycles. The quantitative estimate of drug-likeness (QED) is 0.627. The maximum absolute atomic E-state index is 12.7. The van der Waals surface area contributed by atoms with E-state index in [0.717, 1.165) is 25.7 Å². The van der Waals surface area contributed by atoms with Gasteiger partial charge in [-0.3, -0.25) is 4.79 Å². The number of carbonyl (C=O) groups is 1. The fourth-order valence-electron chi connectivity index (χ4n) is 3.18. The fraction of sp³-hybridized carbons (Fsp3) is 0.900. The Labute approximate surface area is 136 Å². The molecular weight excluding hydrogens is 243 g/mol. The third-order valence-corrected chi connectivity index (χ3v) is 4.12. The summed E-state index contributed by atoms with van der Waals surface area (Å²) in [6.45, 7) is -4.83. The van der Waals surface area contributed by atoms with Crippen LogP contribution in [-0.4, -0.2) is 12.8 Å². The number of rotatable bonds is 1. The monoisotopic (exact) mass is 258 g/mol. The van der Waals surface area contributed by atoms with Gasteiger partial charge in [0.05, 0.1) is 0 Å². The summed E-state index contributed by atoms with van der Waals surface area (Å²) in [6.07, 6.45) is 4.22. The molecule has 0 aliphatic heterocycles. The molecule has 1 spiro atoms. The van der Waals surface area contributed by atoms with Crippen molar-refractivity contribution in [2.45, 2.75) is 50.8 Å². The summed E-state index contributed by atoms with van der Waals surface area (Å²) in [6, 6.07) is 0. The first-order chi connectivity index (χ1) is 6.97. The molecule has 0 amide bonds. The molecule has 0 radical (unpaired) electrons. The molecule has 2 saturated carbocycles. The molecule has 0 N–H and O–H groups in total. The van der Waals surface area contributed by atoms with Crippen molar-refractivity contribution in [3.05, 3.63) is 0 Å². The molecule has 16 heavy (non-hydrogen) atoms. The van der Waals surface area contributed by atoms with E-state index >= 15 is 0 Å². The van der Waals surface area contributed by atoms with Gasteiger partial charge in [-0.2, -0.15) is 0 Å². The van der Waals surface area contributed by atoms with Crippen LogP contribution in [-0.2, 0) is 4.79 Å². The van der Waals surface area contributed by atoms with E-state index in [1.54, 1.807) is 0 Å². The molecule has 0 aromatic carbocycles. The summed E-state index contributed by atoms with van der Waals surface area (Å²) in [5.74, 6) is -1.42. The molecule has 1 nitrogen and oxygen atoms in total. The van der Waals surface area contributed by atoms with Crippen molar-refractivity contribution in [3.63, 3.8) is 0 Å². The summed E-state index contributed by atoms with van der Waals surface area (Å²) in [7, 11) is 0. The van der Waals surface area contributed by atoms with Gasteiger partial charge in [-0.1, -0.05) is 31.5 Å². The number of carbonyl (C=O) groups excluding carboxylic acids is 1. The molecule has 0 heterocycles. The van der Waals surface area contributed by atoms with Crippen LogP contribution in [0.5, 0.6) is 0 Å². The SMILES string of the molecule is O=C1CC([B-](F)(F)F)C12CCCCCC2.[K+]. The minimum atomic E-state index is -4.83. The minimum Gasteiger partial charge on any atom is -0.449 e. The van der Waals surface area contributed by atoms with Gasteiger partial charge in [0, 0.05) is 5.41 Å². The van der Waals surface area contributed by atoms with Crippen molar-refractivity contribution >= 4 is 12.8 Å². The zero-order chi connectivity index (χ0) is 11.1. The van der Waals surface area contributed by atoms with Gasteiger partial charge in [-0.25, -0.2) is 0 Å². The van der Waals surface area contributed by atoms with Crippen LogP contribution in [0.1, 0.15) is 44.9 Å². The number of Topliss-reactive ketones (excluding diaryl/α,β-unsaturated/α-hetero) is 1. The average molecular weight is 258 g/mol. The molecular formula is C10H15BF3KO. The van der Waals surface area contributed by atoms with Crippen molar-refractivity contribution in [1.29, 1.82) is 0 Å². The van der Waals surface area contributed by atoms with Crippen LogP contribution in [0.4, 0.5) is 12.9 Å². The second-order valence-electron chi connectivity index (χ2n) is 4.93. The van der Waals surface area contributed by atoms with Crippen LogP contribution < -0.4 is 51.4 Å². The van der Waals surface area contributed by atoms with Gasteiger partial charge in [-0.15, -0.1) is 0 Å². The topological polar surface area (TPSA) is 17.1 Å². The molecule has 1 unspecified atom stereocenters. The Balaban J connectivity index is 0.00000128. The van der Waals surface area contributed by atoms with Crippen molar-refractivity contribution < 1.29 is 69.1 Å². The van der Waals surface area contributed by atoms with Crippen molar-refractivity contribution in [2.75, 3.05) is 0 Å². The van der Waals surface area contributed by atoms with E-state index in [4.69, 9.17) is 0 Å². The van der Waals surface area contributed by atoms with Crippen molar-refractivity contribution in [1.82, 2.24) is 0 Å². The first kappa shape index (κ1) is 15.2. The van der Waals surface area contributed by atoms with Gasteiger partial charge in [0.15, 0.2) is 0 Å². The largest absolute Gasteiger partial charge is 1.00 e. The standard InChI is InChI=1S/C10H15BF3O.K/c12-11(13,14)8-7-9(15)10(8)5-3-1-2-4-6-10;/h8H,1-7H2;/q-1;+1. The van der Waals surface area contributed by atoms with Gasteiger partial charge in [-0.05, 0) is 19.3 Å². The van der Waals surface area contributed by atoms with E-state index in [2.05, 4.69) is 0 Å². The molecule has 2 fully saturated rings. The maximum Gasteiger partial charge on any atom is 1.00 e. The number of hydrogen-bond donors (Lipinski definition) is 0. The van der Waals surface area contributed by atoms with Crippen LogP contribution >= 0.6 is 0 Å². The molecule has 2 aliphatic rings. The minimum absolute atomic E-state index is 0. The predicted molar refractivity (Wildman–Crippen MR) is 52.6 cm³/mol. The van der Waals surface area contributed by atoms with E-state index < -0.39 is 18.2 Å². The molecule has 6 heteroatoms. The molecule has 2 rings (SSSR count). The van der Waals surface area contributed by atoms with E-state index in [1.807, 2.05) is 0 Å². The number of halogens is 3. The second kappa shape index (κ2) is 5.43. The number of ketones is 1. The average Bonchev–Trinajstić information content (AvgIpc) is 2.39. The molecule has 0 bridgehead atoms. The third kappa shape index (κ3) is 2.61. The van der Waals surface area contributed by atoms with Crippen LogP contribution in [0.3, 0.4) is 0 Å². The maximum atomic E-state index is 12.7. The second-order valence-corrected chi connectivity index (χ2v) is 4.93. The fourth-order valence-corrected chi connectivity index (χ4v) is 3.18. The van der Waals surface area contributed by atoms with Crippen LogP contribution in [0.15, 0.2) is 0 Å². The summed E-state index contributed by atoms with van der Waals surface area (Å²) < 4.78 is 38.2. The first-order valence-electron chi connectivity index (χ1n) is 5.70. The Morgan fingerprint density at radius 2 is 1.56 bits per heavy atom. The summed E-state index contributed by atoms with van der Waals surface area (Å²) >= 11 is 0. The zero-order valence-electron chi connectivity index (χ0n) is 9.65. The van der Waals surface area contributed by atoms with E-state index in [9.17, 15) is 17.7 Å². The summed E-state index contributed by atoms with van der Waals surface area (Å²) in [4.78, 5) is 11.5. The zero-order valence-corrected chi connectivity index (χ0v) is 12.8. The Morgan fingerprint density at radius 1 is 1.06 bits per heavy atom. The molecule has 86 valence electrons. The third-order valence-electron chi connectivity index (χ3n) is 4.12. The van der Waals surface area contributed by atoms with Gasteiger partial charge in [0.25, 0.3) is 0 Å². The summed E-state index contributed by atoms with van der Waals surface area (Å²) in [5, 5.41) is 0. The van der Waals surface area contributed by atoms with Gasteiger partial charge in [0.1, 0.15) is 5.78 Å². The Bertz CT molecular complexity index is 272. The van der Waals surface area contributed by atoms with Crippen LogP contribution in [0.25, 0.3) is 0 Å². The molecule has 0 aromatic heterocycles. The van der Waals surface area contributed by atoms with Crippen LogP contribution in [0, 0.1) is 5.41 Å². The Morgan fingerprint density at radius 3 is 1.94 bits per heavy atom. The predicted octanol–water partition coefficient (Wildman–Crippen LogP) is 0.521. The Kier molecular flexibility index (Phi) is 5.16. The Hall–Kier alpha value is 1.16. The smallest absolute Gasteiger partial charge is 0.449 e. The molecule has 0 aromatic rings. The molecule has 1 atom stereocenters. The van der Waals surface area contributed by atoms with Crippen LogP contribution in [0.2, 0.25) is 5.82 Å². The van der Waals surface area contributed by atoms with Gasteiger partial charge >= 0.3 is 58.4 Å². The number of hydrogen-bond acceptors (Lipinski definition) is 1. The van der Waals surface area contributed by atoms with Gasteiger partial charge < -0.3 is 12.9 Å². The van der Waals surface area contributed by atoms with E-state index in [1.165, 1.54) is 0 Å². The van der Waals surface area contributed by atoms with Gasteiger partial charge in [0.2, 0.25) is 0 Å². The normalized spacial score (nSPS) is 29.2. The van der Waals surface area contributed by atoms with Crippen molar-refractivity contribution in [2.24, 2.45) is 5.41 Å². The van der Waals surface area contributed by atoms with E-state index in [0.29, 0.717) is 12.8 Å². The first-order valence-corrected chi connectivity index (χ1v) is 5.70. The van der Waals surface area contributed by atoms with Crippen molar-refractivity contribution in [3.8, 4) is 0 Å². The van der Waals surface area contributed by atoms with E-state index in [-0.39, 0.29) is 63.6 Å².